The van der Waals surface area contributed by atoms with Crippen LogP contribution < -0.4 is 5.73 Å². The Balaban J connectivity index is 3.01. The maximum absolute atomic E-state index is 12.3. The number of alkyl halides is 2. The summed E-state index contributed by atoms with van der Waals surface area (Å²) >= 11 is 3.13. The lowest BCUT2D eigenvalue weighted by molar-refractivity contribution is 0.151. The number of aliphatic hydroxyl groups is 1. The standard InChI is InChI=1S/C9H10BrF2NO/c10-7-3-5(9(11)12)1-2-6(7)8(13)4-14/h1-3,8-9,14H,4,13H2/t8-/m0/s1. The summed E-state index contributed by atoms with van der Waals surface area (Å²) in [7, 11) is 0. The van der Waals surface area contributed by atoms with E-state index in [0.717, 1.165) is 0 Å². The fourth-order valence-corrected chi connectivity index (χ4v) is 1.77. The summed E-state index contributed by atoms with van der Waals surface area (Å²) in [5.74, 6) is 0. The van der Waals surface area contributed by atoms with Crippen LogP contribution in [0.25, 0.3) is 0 Å². The number of benzene rings is 1. The molecule has 0 aliphatic rings. The molecule has 0 saturated carbocycles. The largest absolute Gasteiger partial charge is 0.394 e. The molecule has 0 heterocycles. The minimum Gasteiger partial charge on any atom is -0.394 e. The minimum atomic E-state index is -2.49. The molecule has 0 unspecified atom stereocenters. The van der Waals surface area contributed by atoms with E-state index < -0.39 is 12.5 Å². The van der Waals surface area contributed by atoms with Gasteiger partial charge >= 0.3 is 0 Å². The van der Waals surface area contributed by atoms with Crippen molar-refractivity contribution in [3.63, 3.8) is 0 Å². The Kier molecular flexibility index (Phi) is 3.97. The van der Waals surface area contributed by atoms with E-state index >= 15 is 0 Å². The van der Waals surface area contributed by atoms with Gasteiger partial charge in [-0.3, -0.25) is 0 Å². The highest BCUT2D eigenvalue weighted by Gasteiger charge is 2.12. The van der Waals surface area contributed by atoms with Crippen molar-refractivity contribution in [1.82, 2.24) is 0 Å². The number of hydrogen-bond donors (Lipinski definition) is 2. The van der Waals surface area contributed by atoms with Crippen molar-refractivity contribution in [2.24, 2.45) is 5.73 Å². The average Bonchev–Trinajstić information content (AvgIpc) is 2.16. The first kappa shape index (κ1) is 11.6. The van der Waals surface area contributed by atoms with Crippen LogP contribution in [0.2, 0.25) is 0 Å². The molecule has 0 fully saturated rings. The van der Waals surface area contributed by atoms with E-state index in [2.05, 4.69) is 15.9 Å². The van der Waals surface area contributed by atoms with Gasteiger partial charge in [0.15, 0.2) is 0 Å². The zero-order valence-electron chi connectivity index (χ0n) is 7.25. The molecule has 0 amide bonds. The van der Waals surface area contributed by atoms with Gasteiger partial charge in [-0.15, -0.1) is 0 Å². The smallest absolute Gasteiger partial charge is 0.263 e. The SMILES string of the molecule is N[C@@H](CO)c1ccc(C(F)F)cc1Br. The second-order valence-electron chi connectivity index (χ2n) is 2.87. The Morgan fingerprint density at radius 3 is 2.50 bits per heavy atom. The number of halogens is 3. The topological polar surface area (TPSA) is 46.2 Å². The molecule has 0 radical (unpaired) electrons. The van der Waals surface area contributed by atoms with Crippen molar-refractivity contribution < 1.29 is 13.9 Å². The Morgan fingerprint density at radius 1 is 1.43 bits per heavy atom. The molecule has 14 heavy (non-hydrogen) atoms. The van der Waals surface area contributed by atoms with Gasteiger partial charge in [-0.1, -0.05) is 28.1 Å². The average molecular weight is 266 g/mol. The minimum absolute atomic E-state index is 0.0641. The van der Waals surface area contributed by atoms with E-state index in [0.29, 0.717) is 10.0 Å². The summed E-state index contributed by atoms with van der Waals surface area (Å²) in [6, 6.07) is 3.57. The molecular weight excluding hydrogens is 256 g/mol. The molecule has 78 valence electrons. The second kappa shape index (κ2) is 4.82. The van der Waals surface area contributed by atoms with Gasteiger partial charge in [0.2, 0.25) is 0 Å². The van der Waals surface area contributed by atoms with E-state index in [1.165, 1.54) is 18.2 Å². The third-order valence-corrected chi connectivity index (χ3v) is 2.56. The van der Waals surface area contributed by atoms with Crippen LogP contribution in [0.1, 0.15) is 23.6 Å². The van der Waals surface area contributed by atoms with Crippen molar-refractivity contribution >= 4 is 15.9 Å². The third kappa shape index (κ3) is 2.50. The van der Waals surface area contributed by atoms with Crippen LogP contribution in [0.5, 0.6) is 0 Å². The van der Waals surface area contributed by atoms with Crippen LogP contribution in [-0.4, -0.2) is 11.7 Å². The fraction of sp³-hybridized carbons (Fsp3) is 0.333. The van der Waals surface area contributed by atoms with Gasteiger partial charge in [-0.2, -0.15) is 0 Å². The van der Waals surface area contributed by atoms with Gasteiger partial charge in [-0.05, 0) is 11.6 Å². The summed E-state index contributed by atoms with van der Waals surface area (Å²) < 4.78 is 25.0. The quantitative estimate of drug-likeness (QED) is 0.882. The van der Waals surface area contributed by atoms with Crippen molar-refractivity contribution in [2.75, 3.05) is 6.61 Å². The zero-order valence-corrected chi connectivity index (χ0v) is 8.84. The first-order chi connectivity index (χ1) is 6.56. The molecule has 2 nitrogen and oxygen atoms in total. The molecule has 3 N–H and O–H groups in total. The number of aliphatic hydroxyl groups excluding tert-OH is 1. The highest BCUT2D eigenvalue weighted by Crippen LogP contribution is 2.27. The monoisotopic (exact) mass is 265 g/mol. The number of rotatable bonds is 3. The van der Waals surface area contributed by atoms with Gasteiger partial charge < -0.3 is 10.8 Å². The molecule has 0 bridgehead atoms. The molecule has 1 rings (SSSR count). The number of nitrogens with two attached hydrogens (primary N) is 1. The first-order valence-corrected chi connectivity index (χ1v) is 4.79. The van der Waals surface area contributed by atoms with Crippen molar-refractivity contribution in [3.8, 4) is 0 Å². The van der Waals surface area contributed by atoms with E-state index in [9.17, 15) is 8.78 Å². The maximum Gasteiger partial charge on any atom is 0.263 e. The van der Waals surface area contributed by atoms with E-state index in [-0.39, 0.29) is 12.2 Å². The Labute approximate surface area is 88.9 Å². The fourth-order valence-electron chi connectivity index (χ4n) is 1.08. The molecule has 1 aromatic rings. The summed E-state index contributed by atoms with van der Waals surface area (Å²) in [5.41, 5.74) is 6.11. The van der Waals surface area contributed by atoms with Crippen LogP contribution in [0, 0.1) is 0 Å². The Hall–Kier alpha value is -0.520. The predicted octanol–water partition coefficient (Wildman–Crippen LogP) is 2.38. The summed E-state index contributed by atoms with van der Waals surface area (Å²) in [6.07, 6.45) is -2.49. The van der Waals surface area contributed by atoms with Crippen molar-refractivity contribution in [1.29, 1.82) is 0 Å². The van der Waals surface area contributed by atoms with E-state index in [1.807, 2.05) is 0 Å². The summed E-state index contributed by atoms with van der Waals surface area (Å²) in [6.45, 7) is -0.216. The summed E-state index contributed by atoms with van der Waals surface area (Å²) in [4.78, 5) is 0. The van der Waals surface area contributed by atoms with Gasteiger partial charge in [0.1, 0.15) is 0 Å². The highest BCUT2D eigenvalue weighted by atomic mass is 79.9. The molecule has 1 atom stereocenters. The molecule has 5 heteroatoms. The van der Waals surface area contributed by atoms with Crippen LogP contribution in [-0.2, 0) is 0 Å². The summed E-state index contributed by atoms with van der Waals surface area (Å²) in [5, 5.41) is 8.80. The van der Waals surface area contributed by atoms with E-state index in [1.54, 1.807) is 0 Å². The normalized spacial score (nSPS) is 13.3. The molecule has 0 saturated heterocycles. The van der Waals surface area contributed by atoms with Gasteiger partial charge in [0.25, 0.3) is 6.43 Å². The molecule has 1 aromatic carbocycles. The lowest BCUT2D eigenvalue weighted by Crippen LogP contribution is -2.15. The number of hydrogen-bond acceptors (Lipinski definition) is 2. The van der Waals surface area contributed by atoms with Crippen LogP contribution in [0.3, 0.4) is 0 Å². The zero-order chi connectivity index (χ0) is 10.7. The maximum atomic E-state index is 12.3. The van der Waals surface area contributed by atoms with Crippen LogP contribution in [0.4, 0.5) is 8.78 Å². The lowest BCUT2D eigenvalue weighted by atomic mass is 10.1. The Bertz CT molecular complexity index is 320. The van der Waals surface area contributed by atoms with Gasteiger partial charge in [0.05, 0.1) is 12.6 Å². The van der Waals surface area contributed by atoms with Gasteiger partial charge in [-0.25, -0.2) is 8.78 Å². The second-order valence-corrected chi connectivity index (χ2v) is 3.73. The third-order valence-electron chi connectivity index (χ3n) is 1.87. The predicted molar refractivity (Wildman–Crippen MR) is 53.1 cm³/mol. The van der Waals surface area contributed by atoms with Crippen LogP contribution >= 0.6 is 15.9 Å². The molecular formula is C9H10BrF2NO. The molecule has 0 aliphatic carbocycles. The Morgan fingerprint density at radius 2 is 2.07 bits per heavy atom. The van der Waals surface area contributed by atoms with Crippen LogP contribution in [0.15, 0.2) is 22.7 Å². The van der Waals surface area contributed by atoms with Crippen molar-refractivity contribution in [3.05, 3.63) is 33.8 Å². The van der Waals surface area contributed by atoms with E-state index in [4.69, 9.17) is 10.8 Å². The lowest BCUT2D eigenvalue weighted by Gasteiger charge is -2.11. The van der Waals surface area contributed by atoms with Gasteiger partial charge in [0, 0.05) is 10.0 Å². The molecule has 0 aromatic heterocycles. The first-order valence-electron chi connectivity index (χ1n) is 4.00. The highest BCUT2D eigenvalue weighted by molar-refractivity contribution is 9.10. The van der Waals surface area contributed by atoms with Crippen molar-refractivity contribution in [2.45, 2.75) is 12.5 Å². The molecule has 0 aliphatic heterocycles. The molecule has 0 spiro atoms.